The average Bonchev–Trinajstić information content (AvgIpc) is 3.22. The highest BCUT2D eigenvalue weighted by molar-refractivity contribution is 9.10. The lowest BCUT2D eigenvalue weighted by atomic mass is 10.2. The summed E-state index contributed by atoms with van der Waals surface area (Å²) in [7, 11) is 0. The molecule has 148 valence electrons. The van der Waals surface area contributed by atoms with Crippen LogP contribution in [0.15, 0.2) is 46.9 Å². The predicted molar refractivity (Wildman–Crippen MR) is 112 cm³/mol. The molecule has 0 aromatic heterocycles. The lowest BCUT2D eigenvalue weighted by Crippen LogP contribution is -2.16. The number of halogens is 1. The van der Waals surface area contributed by atoms with Crippen LogP contribution in [0.4, 0.5) is 11.4 Å². The Morgan fingerprint density at radius 2 is 1.86 bits per heavy atom. The minimum absolute atomic E-state index is 0.0524. The average molecular weight is 447 g/mol. The molecule has 1 fully saturated rings. The lowest BCUT2D eigenvalue weighted by molar-refractivity contribution is -0.115. The van der Waals surface area contributed by atoms with Gasteiger partial charge in [0.05, 0.1) is 10.6 Å². The first-order chi connectivity index (χ1) is 13.5. The van der Waals surface area contributed by atoms with E-state index >= 15 is 0 Å². The molecule has 1 saturated heterocycles. The molecule has 0 saturated carbocycles. The van der Waals surface area contributed by atoms with E-state index in [-0.39, 0.29) is 17.9 Å². The van der Waals surface area contributed by atoms with Gasteiger partial charge in [-0.1, -0.05) is 6.92 Å². The highest BCUT2D eigenvalue weighted by Gasteiger charge is 2.17. The fourth-order valence-electron chi connectivity index (χ4n) is 2.81. The third kappa shape index (κ3) is 5.56. The van der Waals surface area contributed by atoms with Gasteiger partial charge in [0, 0.05) is 30.0 Å². The number of hydrogen-bond acceptors (Lipinski definition) is 4. The molecule has 2 N–H and O–H groups in total. The molecular weight excluding hydrogens is 424 g/mol. The summed E-state index contributed by atoms with van der Waals surface area (Å²) in [5.74, 6) is 0.406. The smallest absolute Gasteiger partial charge is 0.255 e. The highest BCUT2D eigenvalue weighted by atomic mass is 79.9. The molecule has 0 spiro atoms. The van der Waals surface area contributed by atoms with Crippen molar-refractivity contribution in [2.24, 2.45) is 0 Å². The van der Waals surface area contributed by atoms with Gasteiger partial charge in [-0.25, -0.2) is 0 Å². The van der Waals surface area contributed by atoms with Crippen LogP contribution in [0.3, 0.4) is 0 Å². The van der Waals surface area contributed by atoms with Crippen molar-refractivity contribution in [3.8, 4) is 5.75 Å². The largest absolute Gasteiger partial charge is 0.490 e. The maximum Gasteiger partial charge on any atom is 0.255 e. The Morgan fingerprint density at radius 3 is 2.46 bits per heavy atom. The van der Waals surface area contributed by atoms with Gasteiger partial charge in [0.2, 0.25) is 5.91 Å². The van der Waals surface area contributed by atoms with Crippen LogP contribution < -0.4 is 15.4 Å². The Balaban J connectivity index is 1.57. The maximum atomic E-state index is 12.5. The van der Waals surface area contributed by atoms with Crippen LogP contribution in [0.2, 0.25) is 0 Å². The number of ether oxygens (including phenoxy) is 2. The Labute approximate surface area is 172 Å². The van der Waals surface area contributed by atoms with Gasteiger partial charge in [-0.05, 0) is 71.2 Å². The first-order valence-corrected chi connectivity index (χ1v) is 10.1. The molecule has 2 amide bonds. The second kappa shape index (κ2) is 9.71. The number of carbonyl (C=O) groups is 2. The normalized spacial score (nSPS) is 15.9. The Hall–Kier alpha value is -2.38. The quantitative estimate of drug-likeness (QED) is 0.650. The van der Waals surface area contributed by atoms with Gasteiger partial charge in [-0.15, -0.1) is 0 Å². The van der Waals surface area contributed by atoms with Crippen molar-refractivity contribution in [1.29, 1.82) is 0 Å². The van der Waals surface area contributed by atoms with Gasteiger partial charge in [0.1, 0.15) is 12.4 Å². The third-order valence-corrected chi connectivity index (χ3v) is 5.01. The van der Waals surface area contributed by atoms with Gasteiger partial charge in [-0.3, -0.25) is 9.59 Å². The topological polar surface area (TPSA) is 76.7 Å². The molecule has 28 heavy (non-hydrogen) atoms. The van der Waals surface area contributed by atoms with E-state index in [1.807, 2.05) is 0 Å². The van der Waals surface area contributed by atoms with E-state index in [2.05, 4.69) is 26.6 Å². The molecule has 1 unspecified atom stereocenters. The lowest BCUT2D eigenvalue weighted by Gasteiger charge is -2.13. The zero-order chi connectivity index (χ0) is 19.9. The van der Waals surface area contributed by atoms with E-state index in [4.69, 9.17) is 9.47 Å². The zero-order valence-electron chi connectivity index (χ0n) is 15.7. The van der Waals surface area contributed by atoms with Crippen LogP contribution in [0, 0.1) is 0 Å². The van der Waals surface area contributed by atoms with Gasteiger partial charge in [-0.2, -0.15) is 0 Å². The van der Waals surface area contributed by atoms with Crippen LogP contribution in [-0.4, -0.2) is 31.1 Å². The van der Waals surface area contributed by atoms with Crippen LogP contribution >= 0.6 is 15.9 Å². The van der Waals surface area contributed by atoms with E-state index in [1.165, 1.54) is 0 Å². The van der Waals surface area contributed by atoms with Crippen molar-refractivity contribution in [2.75, 3.05) is 23.8 Å². The van der Waals surface area contributed by atoms with E-state index in [1.54, 1.807) is 49.4 Å². The third-order valence-electron chi connectivity index (χ3n) is 4.39. The molecular formula is C21H23BrN2O4. The summed E-state index contributed by atoms with van der Waals surface area (Å²) in [6, 6.07) is 12.2. The first-order valence-electron chi connectivity index (χ1n) is 9.30. The number of rotatable bonds is 7. The summed E-state index contributed by atoms with van der Waals surface area (Å²) in [5, 5.41) is 5.61. The van der Waals surface area contributed by atoms with Gasteiger partial charge < -0.3 is 20.1 Å². The standard InChI is InChI=1S/C21H23BrN2O4/c1-2-20(25)23-15-6-8-16(9-7-15)24-21(26)14-5-10-19(18(22)12-14)28-13-17-4-3-11-27-17/h5-10,12,17H,2-4,11,13H2,1H3,(H,23,25)(H,24,26). The van der Waals surface area contributed by atoms with Crippen LogP contribution in [-0.2, 0) is 9.53 Å². The minimum atomic E-state index is -0.225. The number of carbonyl (C=O) groups excluding carboxylic acids is 2. The molecule has 1 aliphatic heterocycles. The van der Waals surface area contributed by atoms with Gasteiger partial charge in [0.25, 0.3) is 5.91 Å². The molecule has 7 heteroatoms. The molecule has 1 atom stereocenters. The molecule has 6 nitrogen and oxygen atoms in total. The summed E-state index contributed by atoms with van der Waals surface area (Å²) in [5.41, 5.74) is 1.86. The molecule has 2 aromatic carbocycles. The summed E-state index contributed by atoms with van der Waals surface area (Å²) < 4.78 is 12.1. The van der Waals surface area contributed by atoms with Gasteiger partial charge in [0.15, 0.2) is 0 Å². The number of hydrogen-bond donors (Lipinski definition) is 2. The molecule has 0 radical (unpaired) electrons. The van der Waals surface area contributed by atoms with Crippen LogP contribution in [0.5, 0.6) is 5.75 Å². The fraction of sp³-hybridized carbons (Fsp3) is 0.333. The molecule has 0 bridgehead atoms. The highest BCUT2D eigenvalue weighted by Crippen LogP contribution is 2.27. The van der Waals surface area contributed by atoms with Crippen LogP contribution in [0.25, 0.3) is 0 Å². The fourth-order valence-corrected chi connectivity index (χ4v) is 3.30. The Morgan fingerprint density at radius 1 is 1.14 bits per heavy atom. The molecule has 1 heterocycles. The Bertz CT molecular complexity index is 833. The number of anilines is 2. The van der Waals surface area contributed by atoms with E-state index in [0.717, 1.165) is 23.9 Å². The van der Waals surface area contributed by atoms with Crippen molar-refractivity contribution in [2.45, 2.75) is 32.3 Å². The first kappa shape index (κ1) is 20.4. The van der Waals surface area contributed by atoms with Gasteiger partial charge >= 0.3 is 0 Å². The van der Waals surface area contributed by atoms with Crippen molar-refractivity contribution >= 4 is 39.1 Å². The van der Waals surface area contributed by atoms with E-state index < -0.39 is 0 Å². The SMILES string of the molecule is CCC(=O)Nc1ccc(NC(=O)c2ccc(OCC3CCCO3)c(Br)c2)cc1. The van der Waals surface area contributed by atoms with Crippen molar-refractivity contribution < 1.29 is 19.1 Å². The Kier molecular flexibility index (Phi) is 7.06. The van der Waals surface area contributed by atoms with Crippen molar-refractivity contribution in [3.63, 3.8) is 0 Å². The summed E-state index contributed by atoms with van der Waals surface area (Å²) in [6.45, 7) is 3.09. The zero-order valence-corrected chi connectivity index (χ0v) is 17.3. The summed E-state index contributed by atoms with van der Waals surface area (Å²) >= 11 is 3.46. The monoisotopic (exact) mass is 446 g/mol. The molecule has 1 aliphatic rings. The molecule has 3 rings (SSSR count). The second-order valence-electron chi connectivity index (χ2n) is 6.52. The van der Waals surface area contributed by atoms with Crippen molar-refractivity contribution in [3.05, 3.63) is 52.5 Å². The van der Waals surface area contributed by atoms with E-state index in [0.29, 0.717) is 35.7 Å². The van der Waals surface area contributed by atoms with Crippen molar-refractivity contribution in [1.82, 2.24) is 0 Å². The van der Waals surface area contributed by atoms with E-state index in [9.17, 15) is 9.59 Å². The molecule has 2 aromatic rings. The molecule has 0 aliphatic carbocycles. The summed E-state index contributed by atoms with van der Waals surface area (Å²) in [6.07, 6.45) is 2.64. The minimum Gasteiger partial charge on any atom is -0.490 e. The predicted octanol–water partition coefficient (Wildman–Crippen LogP) is 4.61. The summed E-state index contributed by atoms with van der Waals surface area (Å²) in [4.78, 5) is 23.9. The number of amides is 2. The van der Waals surface area contributed by atoms with Crippen LogP contribution in [0.1, 0.15) is 36.5 Å². The number of nitrogens with one attached hydrogen (secondary N) is 2. The maximum absolute atomic E-state index is 12.5. The second-order valence-corrected chi connectivity index (χ2v) is 7.38. The number of benzene rings is 2.